The zero-order valence-corrected chi connectivity index (χ0v) is 9.44. The molecule has 1 aromatic carbocycles. The van der Waals surface area contributed by atoms with E-state index < -0.39 is 11.9 Å². The van der Waals surface area contributed by atoms with Crippen molar-refractivity contribution < 1.29 is 19.1 Å². The molecule has 0 aliphatic rings. The maximum absolute atomic E-state index is 11.3. The molecule has 0 atom stereocenters. The predicted octanol–water partition coefficient (Wildman–Crippen LogP) is 1.74. The fourth-order valence-corrected chi connectivity index (χ4v) is 1.59. The number of hydrogen-bond acceptors (Lipinski definition) is 4. The Kier molecular flexibility index (Phi) is 2.82. The Hall–Kier alpha value is -2.30. The zero-order chi connectivity index (χ0) is 12.4. The first-order valence-electron chi connectivity index (χ1n) is 4.95. The number of fused-ring (bicyclic) bond motifs is 1. The molecule has 0 saturated carbocycles. The second kappa shape index (κ2) is 4.29. The second-order valence-electron chi connectivity index (χ2n) is 3.47. The summed E-state index contributed by atoms with van der Waals surface area (Å²) in [6.07, 6.45) is 0. The van der Waals surface area contributed by atoms with Crippen molar-refractivity contribution in [3.63, 3.8) is 0 Å². The molecule has 0 radical (unpaired) electrons. The maximum Gasteiger partial charge on any atom is 0.354 e. The van der Waals surface area contributed by atoms with E-state index in [0.29, 0.717) is 16.8 Å². The number of hydrogen-bond donors (Lipinski definition) is 1. The maximum atomic E-state index is 11.3. The van der Waals surface area contributed by atoms with E-state index in [1.807, 2.05) is 0 Å². The number of methoxy groups -OCH3 is 2. The molecule has 2 rings (SSSR count). The topological polar surface area (TPSA) is 68.4 Å². The number of H-pyrrole nitrogens is 1. The van der Waals surface area contributed by atoms with Gasteiger partial charge in [-0.25, -0.2) is 9.59 Å². The van der Waals surface area contributed by atoms with E-state index in [1.54, 1.807) is 24.3 Å². The number of rotatable bonds is 2. The van der Waals surface area contributed by atoms with Crippen molar-refractivity contribution in [2.45, 2.75) is 0 Å². The third-order valence-electron chi connectivity index (χ3n) is 2.45. The van der Waals surface area contributed by atoms with Crippen LogP contribution in [0.25, 0.3) is 10.9 Å². The Morgan fingerprint density at radius 1 is 1.06 bits per heavy atom. The van der Waals surface area contributed by atoms with Crippen LogP contribution >= 0.6 is 0 Å². The van der Waals surface area contributed by atoms with Gasteiger partial charge in [0.1, 0.15) is 5.69 Å². The van der Waals surface area contributed by atoms with Gasteiger partial charge >= 0.3 is 11.9 Å². The van der Waals surface area contributed by atoms with Crippen LogP contribution in [0, 0.1) is 0 Å². The number of aromatic amines is 1. The molecule has 0 unspecified atom stereocenters. The highest BCUT2D eigenvalue weighted by atomic mass is 16.5. The van der Waals surface area contributed by atoms with E-state index in [2.05, 4.69) is 14.5 Å². The van der Waals surface area contributed by atoms with Gasteiger partial charge in [0, 0.05) is 10.9 Å². The fraction of sp³-hybridized carbons (Fsp3) is 0.167. The fourth-order valence-electron chi connectivity index (χ4n) is 1.59. The van der Waals surface area contributed by atoms with Crippen LogP contribution in [-0.2, 0) is 9.47 Å². The molecule has 2 aromatic rings. The second-order valence-corrected chi connectivity index (χ2v) is 3.47. The van der Waals surface area contributed by atoms with Crippen LogP contribution < -0.4 is 0 Å². The van der Waals surface area contributed by atoms with Crippen molar-refractivity contribution in [1.82, 2.24) is 4.98 Å². The lowest BCUT2D eigenvalue weighted by atomic mass is 10.1. The van der Waals surface area contributed by atoms with E-state index in [0.717, 1.165) is 5.39 Å². The lowest BCUT2D eigenvalue weighted by molar-refractivity contribution is 0.0589. The number of carbonyl (C=O) groups excluding carboxylic acids is 2. The van der Waals surface area contributed by atoms with E-state index in [9.17, 15) is 9.59 Å². The number of aromatic nitrogens is 1. The van der Waals surface area contributed by atoms with Gasteiger partial charge in [-0.3, -0.25) is 0 Å². The zero-order valence-electron chi connectivity index (χ0n) is 9.44. The highest BCUT2D eigenvalue weighted by molar-refractivity contribution is 5.98. The minimum Gasteiger partial charge on any atom is -0.465 e. The minimum atomic E-state index is -0.444. The van der Waals surface area contributed by atoms with Crippen LogP contribution in [0.15, 0.2) is 24.3 Å². The van der Waals surface area contributed by atoms with Gasteiger partial charge in [0.15, 0.2) is 0 Å². The monoisotopic (exact) mass is 233 g/mol. The van der Waals surface area contributed by atoms with Crippen molar-refractivity contribution in [2.75, 3.05) is 14.2 Å². The Balaban J connectivity index is 2.48. The van der Waals surface area contributed by atoms with Crippen LogP contribution in [0.2, 0.25) is 0 Å². The van der Waals surface area contributed by atoms with Crippen molar-refractivity contribution in [1.29, 1.82) is 0 Å². The molecule has 0 aliphatic carbocycles. The standard InChI is InChI=1S/C12H11NO4/c1-16-11(14)8-4-3-7-5-10(12(15)17-2)13-9(7)6-8/h3-6,13H,1-2H3. The summed E-state index contributed by atoms with van der Waals surface area (Å²) in [5.41, 5.74) is 1.47. The molecule has 88 valence electrons. The van der Waals surface area contributed by atoms with Gasteiger partial charge in [-0.2, -0.15) is 0 Å². The lowest BCUT2D eigenvalue weighted by Crippen LogP contribution is -2.01. The number of ether oxygens (including phenoxy) is 2. The summed E-state index contributed by atoms with van der Waals surface area (Å²) in [6, 6.07) is 6.68. The van der Waals surface area contributed by atoms with Gasteiger partial charge < -0.3 is 14.5 Å². The average Bonchev–Trinajstić information content (AvgIpc) is 2.79. The van der Waals surface area contributed by atoms with Gasteiger partial charge in [-0.15, -0.1) is 0 Å². The van der Waals surface area contributed by atoms with Gasteiger partial charge in [0.25, 0.3) is 0 Å². The minimum absolute atomic E-state index is 0.351. The third kappa shape index (κ3) is 1.99. The molecule has 0 amide bonds. The normalized spacial score (nSPS) is 10.2. The smallest absolute Gasteiger partial charge is 0.354 e. The molecule has 1 aromatic heterocycles. The lowest BCUT2D eigenvalue weighted by Gasteiger charge is -1.98. The summed E-state index contributed by atoms with van der Waals surface area (Å²) >= 11 is 0. The highest BCUT2D eigenvalue weighted by Gasteiger charge is 2.11. The molecular weight excluding hydrogens is 222 g/mol. The number of esters is 2. The number of carbonyl (C=O) groups is 2. The molecule has 1 N–H and O–H groups in total. The van der Waals surface area contributed by atoms with E-state index in [-0.39, 0.29) is 0 Å². The average molecular weight is 233 g/mol. The van der Waals surface area contributed by atoms with Crippen molar-refractivity contribution in [3.05, 3.63) is 35.5 Å². The summed E-state index contributed by atoms with van der Waals surface area (Å²) in [7, 11) is 2.63. The molecular formula is C12H11NO4. The summed E-state index contributed by atoms with van der Waals surface area (Å²) < 4.78 is 9.22. The van der Waals surface area contributed by atoms with Crippen molar-refractivity contribution >= 4 is 22.8 Å². The largest absolute Gasteiger partial charge is 0.465 e. The van der Waals surface area contributed by atoms with E-state index in [1.165, 1.54) is 14.2 Å². The highest BCUT2D eigenvalue weighted by Crippen LogP contribution is 2.18. The predicted molar refractivity (Wildman–Crippen MR) is 61.0 cm³/mol. The summed E-state index contributed by atoms with van der Waals surface area (Å²) in [5, 5.41) is 0.832. The molecule has 5 heteroatoms. The quantitative estimate of drug-likeness (QED) is 0.802. The Bertz CT molecular complexity index is 571. The Morgan fingerprint density at radius 3 is 2.41 bits per heavy atom. The Morgan fingerprint density at radius 2 is 1.76 bits per heavy atom. The molecule has 1 heterocycles. The van der Waals surface area contributed by atoms with Crippen LogP contribution in [0.3, 0.4) is 0 Å². The van der Waals surface area contributed by atoms with E-state index in [4.69, 9.17) is 0 Å². The first-order valence-corrected chi connectivity index (χ1v) is 4.95. The van der Waals surface area contributed by atoms with Crippen molar-refractivity contribution in [2.24, 2.45) is 0 Å². The molecule has 0 spiro atoms. The first-order chi connectivity index (χ1) is 8.15. The van der Waals surface area contributed by atoms with Gasteiger partial charge in [0.2, 0.25) is 0 Å². The summed E-state index contributed by atoms with van der Waals surface area (Å²) in [4.78, 5) is 25.5. The van der Waals surface area contributed by atoms with Gasteiger partial charge in [-0.05, 0) is 18.2 Å². The Labute approximate surface area is 97.3 Å². The molecule has 17 heavy (non-hydrogen) atoms. The van der Waals surface area contributed by atoms with Crippen LogP contribution in [0.4, 0.5) is 0 Å². The van der Waals surface area contributed by atoms with Crippen LogP contribution in [-0.4, -0.2) is 31.1 Å². The van der Waals surface area contributed by atoms with Crippen LogP contribution in [0.1, 0.15) is 20.8 Å². The molecule has 0 aliphatic heterocycles. The molecule has 0 saturated heterocycles. The molecule has 0 bridgehead atoms. The molecule has 5 nitrogen and oxygen atoms in total. The van der Waals surface area contributed by atoms with Gasteiger partial charge in [0.05, 0.1) is 19.8 Å². The van der Waals surface area contributed by atoms with E-state index >= 15 is 0 Å². The van der Waals surface area contributed by atoms with Gasteiger partial charge in [-0.1, -0.05) is 6.07 Å². The SMILES string of the molecule is COC(=O)c1ccc2cc(C(=O)OC)[nH]c2c1. The summed E-state index contributed by atoms with van der Waals surface area (Å²) in [5.74, 6) is -0.859. The number of nitrogens with one attached hydrogen (secondary N) is 1. The first kappa shape index (κ1) is 11.2. The van der Waals surface area contributed by atoms with Crippen molar-refractivity contribution in [3.8, 4) is 0 Å². The number of benzene rings is 1. The molecule has 0 fully saturated rings. The third-order valence-corrected chi connectivity index (χ3v) is 2.45. The van der Waals surface area contributed by atoms with Crippen LogP contribution in [0.5, 0.6) is 0 Å². The summed E-state index contributed by atoms with van der Waals surface area (Å²) in [6.45, 7) is 0.